The van der Waals surface area contributed by atoms with Crippen molar-refractivity contribution in [1.82, 2.24) is 20.9 Å². The van der Waals surface area contributed by atoms with Crippen LogP contribution in [0.1, 0.15) is 62.4 Å². The molecule has 1 aliphatic heterocycles. The van der Waals surface area contributed by atoms with Crippen LogP contribution in [0.15, 0.2) is 18.2 Å². The molecule has 36 heavy (non-hydrogen) atoms. The number of hydrogen-bond acceptors (Lipinski definition) is 5. The third kappa shape index (κ3) is 8.98. The van der Waals surface area contributed by atoms with Gasteiger partial charge in [0.1, 0.15) is 0 Å². The van der Waals surface area contributed by atoms with E-state index >= 15 is 0 Å². The molecule has 2 rings (SSSR count). The highest BCUT2D eigenvalue weighted by atomic mass is 19.4. The molecular weight excluding hydrogens is 479 g/mol. The van der Waals surface area contributed by atoms with Gasteiger partial charge in [0.05, 0.1) is 35.5 Å². The first-order valence-corrected chi connectivity index (χ1v) is 12.2. The zero-order valence-corrected chi connectivity index (χ0v) is 20.9. The maximum Gasteiger partial charge on any atom is 0.416 e. The molecule has 0 radical (unpaired) electrons. The quantitative estimate of drug-likeness (QED) is 0.310. The van der Waals surface area contributed by atoms with Gasteiger partial charge in [0.25, 0.3) is 5.91 Å². The Balaban J connectivity index is 2.11. The summed E-state index contributed by atoms with van der Waals surface area (Å²) in [6, 6.07) is 1.45. The normalized spacial score (nSPS) is 15.5. The number of carbonyl (C=O) groups is 3. The predicted octanol–water partition coefficient (Wildman–Crippen LogP) is 2.71. The van der Waals surface area contributed by atoms with E-state index < -0.39 is 53.8 Å². The van der Waals surface area contributed by atoms with Crippen LogP contribution in [-0.2, 0) is 11.0 Å². The second kappa shape index (κ2) is 13.4. The lowest BCUT2D eigenvalue weighted by molar-refractivity contribution is -0.137. The van der Waals surface area contributed by atoms with Crippen molar-refractivity contribution in [3.05, 3.63) is 29.3 Å². The fourth-order valence-corrected chi connectivity index (χ4v) is 3.79. The lowest BCUT2D eigenvalue weighted by Gasteiger charge is -2.25. The first-order valence-electron chi connectivity index (χ1n) is 12.2. The summed E-state index contributed by atoms with van der Waals surface area (Å²) in [6.07, 6.45) is -2.70. The van der Waals surface area contributed by atoms with Crippen molar-refractivity contribution in [3.8, 4) is 0 Å². The zero-order chi connectivity index (χ0) is 26.9. The number of likely N-dealkylation sites (tertiary alicyclic amines) is 1. The molecule has 1 heterocycles. The first kappa shape index (κ1) is 29.4. The molecule has 5 N–H and O–H groups in total. The molecule has 2 unspecified atom stereocenters. The highest BCUT2D eigenvalue weighted by Gasteiger charge is 2.32. The van der Waals surface area contributed by atoms with E-state index in [1.54, 1.807) is 0 Å². The molecule has 1 aromatic rings. The van der Waals surface area contributed by atoms with Crippen molar-refractivity contribution in [2.24, 2.45) is 0 Å². The maximum atomic E-state index is 13.3. The summed E-state index contributed by atoms with van der Waals surface area (Å²) in [7, 11) is 0. The van der Waals surface area contributed by atoms with E-state index in [-0.39, 0.29) is 11.7 Å². The largest absolute Gasteiger partial charge is 0.416 e. The van der Waals surface area contributed by atoms with E-state index in [0.29, 0.717) is 38.5 Å². The summed E-state index contributed by atoms with van der Waals surface area (Å²) in [6.45, 7) is 6.55. The van der Waals surface area contributed by atoms with Crippen molar-refractivity contribution in [2.45, 2.75) is 70.8 Å². The van der Waals surface area contributed by atoms with Crippen molar-refractivity contribution in [1.29, 1.82) is 0 Å². The van der Waals surface area contributed by atoms with Gasteiger partial charge >= 0.3 is 12.2 Å². The second-order valence-electron chi connectivity index (χ2n) is 9.16. The minimum absolute atomic E-state index is 0.0878. The number of rotatable bonds is 11. The number of benzene rings is 1. The van der Waals surface area contributed by atoms with Gasteiger partial charge in [-0.1, -0.05) is 27.2 Å². The highest BCUT2D eigenvalue weighted by Crippen LogP contribution is 2.32. The van der Waals surface area contributed by atoms with Crippen molar-refractivity contribution >= 4 is 23.5 Å². The van der Waals surface area contributed by atoms with Gasteiger partial charge < -0.3 is 31.3 Å². The number of hydrogen-bond donors (Lipinski definition) is 5. The Morgan fingerprint density at radius 3 is 2.39 bits per heavy atom. The first-order chi connectivity index (χ1) is 16.9. The number of halogens is 3. The molecule has 9 nitrogen and oxygen atoms in total. The highest BCUT2D eigenvalue weighted by molar-refractivity contribution is 6.04. The van der Waals surface area contributed by atoms with Crippen LogP contribution in [-0.4, -0.2) is 72.2 Å². The average molecular weight is 516 g/mol. The summed E-state index contributed by atoms with van der Waals surface area (Å²) in [4.78, 5) is 39.3. The molecule has 12 heteroatoms. The Morgan fingerprint density at radius 2 is 1.81 bits per heavy atom. The fraction of sp³-hybridized carbons (Fsp3) is 0.625. The Hall–Kier alpha value is -2.86. The fourth-order valence-electron chi connectivity index (χ4n) is 3.79. The van der Waals surface area contributed by atoms with Crippen LogP contribution >= 0.6 is 0 Å². The molecule has 0 aromatic heterocycles. The van der Waals surface area contributed by atoms with Crippen molar-refractivity contribution < 1.29 is 32.7 Å². The van der Waals surface area contributed by atoms with Gasteiger partial charge in [-0.3, -0.25) is 9.59 Å². The van der Waals surface area contributed by atoms with E-state index in [2.05, 4.69) is 21.3 Å². The Morgan fingerprint density at radius 1 is 1.14 bits per heavy atom. The molecule has 0 bridgehead atoms. The summed E-state index contributed by atoms with van der Waals surface area (Å²) in [5.74, 6) is -1.55. The number of nitrogens with one attached hydrogen (secondary N) is 4. The number of amides is 4. The molecule has 1 aromatic carbocycles. The molecule has 1 fully saturated rings. The number of aliphatic hydroxyl groups excluding tert-OH is 1. The zero-order valence-electron chi connectivity index (χ0n) is 20.9. The van der Waals surface area contributed by atoms with Crippen LogP contribution in [0.2, 0.25) is 0 Å². The minimum atomic E-state index is -4.70. The smallest absolute Gasteiger partial charge is 0.391 e. The summed E-state index contributed by atoms with van der Waals surface area (Å²) < 4.78 is 39.8. The van der Waals surface area contributed by atoms with Crippen LogP contribution in [0.4, 0.5) is 23.7 Å². The number of alkyl halides is 3. The molecule has 202 valence electrons. The topological polar surface area (TPSA) is 123 Å². The molecule has 0 aliphatic carbocycles. The summed E-state index contributed by atoms with van der Waals surface area (Å²) in [5.41, 5.74) is -1.55. The van der Waals surface area contributed by atoms with Gasteiger partial charge in [0.15, 0.2) is 0 Å². The van der Waals surface area contributed by atoms with E-state index in [1.807, 2.05) is 20.8 Å². The van der Waals surface area contributed by atoms with Crippen LogP contribution in [0.3, 0.4) is 0 Å². The monoisotopic (exact) mass is 515 g/mol. The molecule has 0 saturated carbocycles. The summed E-state index contributed by atoms with van der Waals surface area (Å²) >= 11 is 0. The Labute approximate surface area is 209 Å². The predicted molar refractivity (Wildman–Crippen MR) is 130 cm³/mol. The van der Waals surface area contributed by atoms with Gasteiger partial charge in [0.2, 0.25) is 5.91 Å². The molecule has 1 saturated heterocycles. The molecule has 2 atom stereocenters. The maximum absolute atomic E-state index is 13.3. The third-order valence-electron chi connectivity index (χ3n) is 5.78. The molecule has 0 spiro atoms. The molecular formula is C24H36F3N5O4. The van der Waals surface area contributed by atoms with Crippen LogP contribution < -0.4 is 21.3 Å². The number of urea groups is 1. The SMILES string of the molecule is CCCC(O)C(CNC(C)C)NC(=O)CNC(=O)c1cc(C(F)(F)F)ccc1NC(=O)N1CCCC1. The van der Waals surface area contributed by atoms with Crippen LogP contribution in [0.25, 0.3) is 0 Å². The van der Waals surface area contributed by atoms with Gasteiger partial charge in [0, 0.05) is 25.7 Å². The van der Waals surface area contributed by atoms with Crippen molar-refractivity contribution in [2.75, 3.05) is 31.5 Å². The van der Waals surface area contributed by atoms with Crippen molar-refractivity contribution in [3.63, 3.8) is 0 Å². The van der Waals surface area contributed by atoms with Gasteiger partial charge in [-0.05, 0) is 37.5 Å². The Bertz CT molecular complexity index is 904. The van der Waals surface area contributed by atoms with Crippen LogP contribution in [0, 0.1) is 0 Å². The minimum Gasteiger partial charge on any atom is -0.391 e. The second-order valence-corrected chi connectivity index (χ2v) is 9.16. The van der Waals surface area contributed by atoms with E-state index in [4.69, 9.17) is 0 Å². The number of anilines is 1. The molecule has 1 aliphatic rings. The van der Waals surface area contributed by atoms with E-state index in [9.17, 15) is 32.7 Å². The molecule has 4 amide bonds. The number of aliphatic hydroxyl groups is 1. The Kier molecular flexibility index (Phi) is 11.0. The number of nitrogens with zero attached hydrogens (tertiary/aromatic N) is 1. The average Bonchev–Trinajstić information content (AvgIpc) is 3.35. The lowest BCUT2D eigenvalue weighted by atomic mass is 10.1. The standard InChI is InChI=1S/C24H36F3N5O4/c1-4-7-20(33)19(13-28-15(2)3)30-21(34)14-29-22(35)17-12-16(24(25,26)27)8-9-18(17)31-23(36)32-10-5-6-11-32/h8-9,12,15,19-20,28,33H,4-7,10-11,13-14H2,1-3H3,(H,29,35)(H,30,34)(H,31,36). The van der Waals surface area contributed by atoms with Gasteiger partial charge in [-0.15, -0.1) is 0 Å². The van der Waals surface area contributed by atoms with Gasteiger partial charge in [-0.25, -0.2) is 4.79 Å². The van der Waals surface area contributed by atoms with Gasteiger partial charge in [-0.2, -0.15) is 13.2 Å². The van der Waals surface area contributed by atoms with Crippen LogP contribution in [0.5, 0.6) is 0 Å². The lowest BCUT2D eigenvalue weighted by Crippen LogP contribution is -2.52. The van der Waals surface area contributed by atoms with E-state index in [0.717, 1.165) is 25.0 Å². The number of carbonyl (C=O) groups excluding carboxylic acids is 3. The summed E-state index contributed by atoms with van der Waals surface area (Å²) in [5, 5.41) is 21.0. The van der Waals surface area contributed by atoms with E-state index in [1.165, 1.54) is 4.90 Å². The third-order valence-corrected chi connectivity index (χ3v) is 5.78.